The SMILES string of the molecule is COC(=O)[C@H](CCSC)NC(=O)Nc1cc(C)ccc1C. The number of amides is 2. The molecule has 21 heavy (non-hydrogen) atoms. The summed E-state index contributed by atoms with van der Waals surface area (Å²) in [6.45, 7) is 3.87. The van der Waals surface area contributed by atoms with E-state index in [4.69, 9.17) is 4.74 Å². The van der Waals surface area contributed by atoms with Crippen molar-refractivity contribution in [3.05, 3.63) is 29.3 Å². The highest BCUT2D eigenvalue weighted by atomic mass is 32.2. The van der Waals surface area contributed by atoms with Gasteiger partial charge in [-0.25, -0.2) is 9.59 Å². The Morgan fingerprint density at radius 1 is 1.33 bits per heavy atom. The molecule has 5 nitrogen and oxygen atoms in total. The molecule has 0 spiro atoms. The predicted octanol–water partition coefficient (Wildman–Crippen LogP) is 2.72. The standard InChI is InChI=1S/C15H22N2O3S/c1-10-5-6-11(2)13(9-10)17-15(19)16-12(7-8-21-4)14(18)20-3/h5-6,9,12H,7-8H2,1-4H3,(H2,16,17,19)/t12-/m0/s1. The summed E-state index contributed by atoms with van der Waals surface area (Å²) in [6, 6.07) is 4.78. The smallest absolute Gasteiger partial charge is 0.328 e. The van der Waals surface area contributed by atoms with Crippen LogP contribution in [0.1, 0.15) is 17.5 Å². The van der Waals surface area contributed by atoms with Gasteiger partial charge in [-0.3, -0.25) is 0 Å². The lowest BCUT2D eigenvalue weighted by Gasteiger charge is -2.17. The van der Waals surface area contributed by atoms with Gasteiger partial charge in [-0.1, -0.05) is 12.1 Å². The number of nitrogens with one attached hydrogen (secondary N) is 2. The zero-order chi connectivity index (χ0) is 15.8. The van der Waals surface area contributed by atoms with Crippen molar-refractivity contribution in [1.29, 1.82) is 0 Å². The third-order valence-corrected chi connectivity index (χ3v) is 3.69. The molecule has 2 N–H and O–H groups in total. The van der Waals surface area contributed by atoms with Crippen LogP contribution in [0.4, 0.5) is 10.5 Å². The Bertz CT molecular complexity index is 506. The van der Waals surface area contributed by atoms with Crippen molar-refractivity contribution in [1.82, 2.24) is 5.32 Å². The van der Waals surface area contributed by atoms with Crippen molar-refractivity contribution in [2.24, 2.45) is 0 Å². The van der Waals surface area contributed by atoms with E-state index in [1.54, 1.807) is 11.8 Å². The third kappa shape index (κ3) is 5.67. The highest BCUT2D eigenvalue weighted by Crippen LogP contribution is 2.16. The largest absolute Gasteiger partial charge is 0.467 e. The maximum atomic E-state index is 12.0. The Morgan fingerprint density at radius 3 is 2.67 bits per heavy atom. The fourth-order valence-electron chi connectivity index (χ4n) is 1.81. The van der Waals surface area contributed by atoms with Crippen LogP contribution in [-0.2, 0) is 9.53 Å². The quantitative estimate of drug-likeness (QED) is 0.793. The van der Waals surface area contributed by atoms with Crippen molar-refractivity contribution < 1.29 is 14.3 Å². The van der Waals surface area contributed by atoms with Gasteiger partial charge >= 0.3 is 12.0 Å². The monoisotopic (exact) mass is 310 g/mol. The molecule has 0 heterocycles. The minimum Gasteiger partial charge on any atom is -0.467 e. The molecule has 6 heteroatoms. The van der Waals surface area contributed by atoms with Crippen LogP contribution in [0.25, 0.3) is 0 Å². The number of ether oxygens (including phenoxy) is 1. The molecule has 1 rings (SSSR count). The molecule has 0 aliphatic rings. The molecular weight excluding hydrogens is 288 g/mol. The molecule has 0 saturated heterocycles. The van der Waals surface area contributed by atoms with Crippen LogP contribution in [0.15, 0.2) is 18.2 Å². The van der Waals surface area contributed by atoms with E-state index in [2.05, 4.69) is 10.6 Å². The molecular formula is C15H22N2O3S. The van der Waals surface area contributed by atoms with E-state index in [0.717, 1.165) is 22.6 Å². The molecule has 0 fully saturated rings. The average molecular weight is 310 g/mol. The van der Waals surface area contributed by atoms with Crippen molar-refractivity contribution >= 4 is 29.4 Å². The van der Waals surface area contributed by atoms with Crippen LogP contribution >= 0.6 is 11.8 Å². The second kappa shape index (κ2) is 8.56. The predicted molar refractivity (Wildman–Crippen MR) is 86.9 cm³/mol. The van der Waals surface area contributed by atoms with Gasteiger partial charge in [0.05, 0.1) is 7.11 Å². The van der Waals surface area contributed by atoms with Gasteiger partial charge in [-0.05, 0) is 49.5 Å². The number of benzene rings is 1. The Morgan fingerprint density at radius 2 is 2.05 bits per heavy atom. The summed E-state index contributed by atoms with van der Waals surface area (Å²) in [5, 5.41) is 5.43. The fraction of sp³-hybridized carbons (Fsp3) is 0.467. The van der Waals surface area contributed by atoms with E-state index in [9.17, 15) is 9.59 Å². The number of carbonyl (C=O) groups is 2. The van der Waals surface area contributed by atoms with Crippen molar-refractivity contribution in [2.45, 2.75) is 26.3 Å². The van der Waals surface area contributed by atoms with Crippen molar-refractivity contribution in [3.63, 3.8) is 0 Å². The molecule has 1 aromatic carbocycles. The second-order valence-corrected chi connectivity index (χ2v) is 5.76. The summed E-state index contributed by atoms with van der Waals surface area (Å²) >= 11 is 1.61. The van der Waals surface area contributed by atoms with E-state index < -0.39 is 18.0 Å². The highest BCUT2D eigenvalue weighted by molar-refractivity contribution is 7.98. The number of hydrogen-bond acceptors (Lipinski definition) is 4. The number of anilines is 1. The molecule has 0 bridgehead atoms. The zero-order valence-electron chi connectivity index (χ0n) is 12.9. The molecule has 116 valence electrons. The van der Waals surface area contributed by atoms with E-state index in [0.29, 0.717) is 6.42 Å². The van der Waals surface area contributed by atoms with Crippen LogP contribution in [0.5, 0.6) is 0 Å². The van der Waals surface area contributed by atoms with Gasteiger partial charge < -0.3 is 15.4 Å². The first-order chi connectivity index (χ1) is 9.97. The molecule has 1 atom stereocenters. The number of urea groups is 1. The lowest BCUT2D eigenvalue weighted by molar-refractivity contribution is -0.142. The van der Waals surface area contributed by atoms with Crippen molar-refractivity contribution in [3.8, 4) is 0 Å². The minimum atomic E-state index is -0.632. The molecule has 0 aliphatic heterocycles. The van der Waals surface area contributed by atoms with E-state index >= 15 is 0 Å². The molecule has 2 amide bonds. The number of methoxy groups -OCH3 is 1. The summed E-state index contributed by atoms with van der Waals surface area (Å²) in [4.78, 5) is 23.7. The molecule has 0 aromatic heterocycles. The van der Waals surface area contributed by atoms with Crippen molar-refractivity contribution in [2.75, 3.05) is 24.4 Å². The number of esters is 1. The van der Waals surface area contributed by atoms with Crippen LogP contribution in [0.3, 0.4) is 0 Å². The van der Waals surface area contributed by atoms with Crippen LogP contribution in [0, 0.1) is 13.8 Å². The van der Waals surface area contributed by atoms with Crippen LogP contribution < -0.4 is 10.6 Å². The zero-order valence-corrected chi connectivity index (χ0v) is 13.7. The summed E-state index contributed by atoms with van der Waals surface area (Å²) in [5.74, 6) is 0.337. The molecule has 0 aliphatic carbocycles. The molecule has 1 aromatic rings. The Kier molecular flexibility index (Phi) is 7.08. The first-order valence-electron chi connectivity index (χ1n) is 6.69. The summed E-state index contributed by atoms with van der Waals surface area (Å²) in [7, 11) is 1.32. The number of hydrogen-bond donors (Lipinski definition) is 2. The number of aryl methyl sites for hydroxylation is 2. The number of rotatable bonds is 6. The maximum Gasteiger partial charge on any atom is 0.328 e. The number of carbonyl (C=O) groups excluding carboxylic acids is 2. The Hall–Kier alpha value is -1.69. The first-order valence-corrected chi connectivity index (χ1v) is 8.09. The second-order valence-electron chi connectivity index (χ2n) is 4.77. The lowest BCUT2D eigenvalue weighted by atomic mass is 10.1. The van der Waals surface area contributed by atoms with Gasteiger partial charge in [0.25, 0.3) is 0 Å². The lowest BCUT2D eigenvalue weighted by Crippen LogP contribution is -2.44. The normalized spacial score (nSPS) is 11.6. The van der Waals surface area contributed by atoms with Gasteiger partial charge in [0, 0.05) is 5.69 Å². The highest BCUT2D eigenvalue weighted by Gasteiger charge is 2.21. The first kappa shape index (κ1) is 17.4. The van der Waals surface area contributed by atoms with Crippen LogP contribution in [-0.4, -0.2) is 37.2 Å². The van der Waals surface area contributed by atoms with Gasteiger partial charge in [-0.2, -0.15) is 11.8 Å². The maximum absolute atomic E-state index is 12.0. The summed E-state index contributed by atoms with van der Waals surface area (Å²) < 4.78 is 4.71. The van der Waals surface area contributed by atoms with Gasteiger partial charge in [0.15, 0.2) is 0 Å². The van der Waals surface area contributed by atoms with E-state index in [1.165, 1.54) is 7.11 Å². The van der Waals surface area contributed by atoms with E-state index in [-0.39, 0.29) is 0 Å². The summed E-state index contributed by atoms with van der Waals surface area (Å²) in [5.41, 5.74) is 2.76. The third-order valence-electron chi connectivity index (χ3n) is 3.04. The fourth-order valence-corrected chi connectivity index (χ4v) is 2.29. The van der Waals surface area contributed by atoms with Gasteiger partial charge in [0.2, 0.25) is 0 Å². The minimum absolute atomic E-state index is 0.403. The van der Waals surface area contributed by atoms with Gasteiger partial charge in [-0.15, -0.1) is 0 Å². The summed E-state index contributed by atoms with van der Waals surface area (Å²) in [6.07, 6.45) is 2.48. The average Bonchev–Trinajstić information content (AvgIpc) is 2.46. The number of thioether (sulfide) groups is 1. The molecule has 0 saturated carbocycles. The van der Waals surface area contributed by atoms with Crippen LogP contribution in [0.2, 0.25) is 0 Å². The topological polar surface area (TPSA) is 67.4 Å². The Labute approximate surface area is 129 Å². The van der Waals surface area contributed by atoms with Gasteiger partial charge in [0.1, 0.15) is 6.04 Å². The molecule has 0 unspecified atom stereocenters. The molecule has 0 radical (unpaired) electrons. The Balaban J connectivity index is 2.68. The van der Waals surface area contributed by atoms with E-state index in [1.807, 2.05) is 38.3 Å².